The van der Waals surface area contributed by atoms with Crippen molar-refractivity contribution in [2.24, 2.45) is 0 Å². The molecule has 2 aromatic rings. The lowest BCUT2D eigenvalue weighted by Crippen LogP contribution is -2.30. The lowest BCUT2D eigenvalue weighted by molar-refractivity contribution is 0.0956. The van der Waals surface area contributed by atoms with Crippen LogP contribution >= 0.6 is 11.8 Å². The Morgan fingerprint density at radius 1 is 1.00 bits per heavy atom. The van der Waals surface area contributed by atoms with Crippen LogP contribution in [0.2, 0.25) is 0 Å². The van der Waals surface area contributed by atoms with E-state index in [9.17, 15) is 4.79 Å². The third kappa shape index (κ3) is 5.86. The van der Waals surface area contributed by atoms with Crippen LogP contribution in [0.5, 0.6) is 0 Å². The van der Waals surface area contributed by atoms with Crippen LogP contribution in [0.1, 0.15) is 59.2 Å². The van der Waals surface area contributed by atoms with E-state index >= 15 is 0 Å². The van der Waals surface area contributed by atoms with Gasteiger partial charge in [-0.3, -0.25) is 9.69 Å². The number of amides is 1. The lowest BCUT2D eigenvalue weighted by Gasteiger charge is -2.28. The van der Waals surface area contributed by atoms with Crippen LogP contribution in [-0.4, -0.2) is 34.9 Å². The summed E-state index contributed by atoms with van der Waals surface area (Å²) in [6.07, 6.45) is 7.97. The summed E-state index contributed by atoms with van der Waals surface area (Å²) < 4.78 is 0. The fourth-order valence-electron chi connectivity index (χ4n) is 4.43. The Labute approximate surface area is 179 Å². The first-order valence-electron chi connectivity index (χ1n) is 11.1. The highest BCUT2D eigenvalue weighted by Gasteiger charge is 2.16. The molecule has 3 nitrogen and oxygen atoms in total. The van der Waals surface area contributed by atoms with Crippen molar-refractivity contribution in [3.8, 4) is 0 Å². The number of fused-ring (bicyclic) bond motifs is 1. The van der Waals surface area contributed by atoms with E-state index < -0.39 is 0 Å². The van der Waals surface area contributed by atoms with Gasteiger partial charge >= 0.3 is 0 Å². The molecule has 1 aliphatic carbocycles. The van der Waals surface area contributed by atoms with Gasteiger partial charge in [-0.2, -0.15) is 11.8 Å². The minimum atomic E-state index is 0.0488. The van der Waals surface area contributed by atoms with Crippen molar-refractivity contribution in [2.45, 2.75) is 56.9 Å². The van der Waals surface area contributed by atoms with E-state index in [0.29, 0.717) is 0 Å². The first-order chi connectivity index (χ1) is 14.3. The second-order valence-corrected chi connectivity index (χ2v) is 9.72. The third-order valence-corrected chi connectivity index (χ3v) is 7.51. The highest BCUT2D eigenvalue weighted by atomic mass is 32.2. The number of rotatable bonds is 7. The summed E-state index contributed by atoms with van der Waals surface area (Å²) >= 11 is 2.03. The van der Waals surface area contributed by atoms with Gasteiger partial charge in [-0.1, -0.05) is 55.7 Å². The lowest BCUT2D eigenvalue weighted by atomic mass is 9.99. The fourth-order valence-corrected chi connectivity index (χ4v) is 5.65. The molecule has 0 bridgehead atoms. The molecule has 0 spiro atoms. The van der Waals surface area contributed by atoms with Crippen LogP contribution in [0.3, 0.4) is 0 Å². The van der Waals surface area contributed by atoms with Gasteiger partial charge in [0.2, 0.25) is 0 Å². The molecule has 1 aliphatic heterocycles. The summed E-state index contributed by atoms with van der Waals surface area (Å²) in [5.41, 5.74) is 4.97. The minimum Gasteiger partial charge on any atom is -0.351 e. The zero-order chi connectivity index (χ0) is 19.9. The SMILES string of the molecule is O=C(NCCSC1CCCCC1)c1ccc(CN2CCc3ccccc3C2)cc1. The largest absolute Gasteiger partial charge is 0.351 e. The second-order valence-electron chi connectivity index (χ2n) is 8.31. The molecule has 0 radical (unpaired) electrons. The van der Waals surface area contributed by atoms with Crippen molar-refractivity contribution in [1.29, 1.82) is 0 Å². The maximum absolute atomic E-state index is 12.4. The van der Waals surface area contributed by atoms with Gasteiger partial charge in [0.05, 0.1) is 0 Å². The maximum atomic E-state index is 12.4. The monoisotopic (exact) mass is 408 g/mol. The molecule has 29 heavy (non-hydrogen) atoms. The van der Waals surface area contributed by atoms with Gasteiger partial charge in [0.25, 0.3) is 5.91 Å². The van der Waals surface area contributed by atoms with Crippen molar-refractivity contribution < 1.29 is 4.79 Å². The summed E-state index contributed by atoms with van der Waals surface area (Å²) in [5, 5.41) is 3.89. The Morgan fingerprint density at radius 3 is 2.55 bits per heavy atom. The number of hydrogen-bond donors (Lipinski definition) is 1. The molecule has 154 valence electrons. The van der Waals surface area contributed by atoms with E-state index in [0.717, 1.165) is 49.2 Å². The molecule has 4 heteroatoms. The summed E-state index contributed by atoms with van der Waals surface area (Å²) in [6, 6.07) is 16.9. The number of nitrogens with one attached hydrogen (secondary N) is 1. The number of carbonyl (C=O) groups excluding carboxylic acids is 1. The Balaban J connectivity index is 1.21. The molecule has 4 rings (SSSR count). The van der Waals surface area contributed by atoms with E-state index in [1.165, 1.54) is 48.8 Å². The summed E-state index contributed by atoms with van der Waals surface area (Å²) in [7, 11) is 0. The summed E-state index contributed by atoms with van der Waals surface area (Å²) in [6.45, 7) is 3.80. The quantitative estimate of drug-likeness (QED) is 0.652. The van der Waals surface area contributed by atoms with Gasteiger partial charge in [-0.05, 0) is 48.1 Å². The van der Waals surface area contributed by atoms with Crippen LogP contribution in [0.25, 0.3) is 0 Å². The number of carbonyl (C=O) groups is 1. The Morgan fingerprint density at radius 2 is 1.76 bits per heavy atom. The molecule has 1 amide bonds. The van der Waals surface area contributed by atoms with Gasteiger partial charge < -0.3 is 5.32 Å². The average Bonchev–Trinajstić information content (AvgIpc) is 2.78. The number of benzene rings is 2. The molecule has 0 aromatic heterocycles. The predicted octanol–water partition coefficient (Wildman–Crippen LogP) is 5.04. The standard InChI is InChI=1S/C25H32N2OS/c28-25(26-15-17-29-24-8-2-1-3-9-24)22-12-10-20(11-13-22)18-27-16-14-21-6-4-5-7-23(21)19-27/h4-7,10-13,24H,1-3,8-9,14-19H2,(H,26,28). The molecule has 2 aromatic carbocycles. The smallest absolute Gasteiger partial charge is 0.251 e. The second kappa shape index (κ2) is 10.3. The van der Waals surface area contributed by atoms with Crippen molar-refractivity contribution >= 4 is 17.7 Å². The van der Waals surface area contributed by atoms with Crippen LogP contribution in [-0.2, 0) is 19.5 Å². The minimum absolute atomic E-state index is 0.0488. The molecule has 1 fully saturated rings. The average molecular weight is 409 g/mol. The number of thioether (sulfide) groups is 1. The molecule has 1 N–H and O–H groups in total. The zero-order valence-electron chi connectivity index (χ0n) is 17.2. The zero-order valence-corrected chi connectivity index (χ0v) is 18.1. The van der Waals surface area contributed by atoms with Crippen molar-refractivity contribution in [3.05, 3.63) is 70.8 Å². The first-order valence-corrected chi connectivity index (χ1v) is 12.1. The number of hydrogen-bond acceptors (Lipinski definition) is 3. The molecule has 0 unspecified atom stereocenters. The van der Waals surface area contributed by atoms with Crippen LogP contribution in [0, 0.1) is 0 Å². The molecule has 1 heterocycles. The van der Waals surface area contributed by atoms with Crippen molar-refractivity contribution in [1.82, 2.24) is 10.2 Å². The van der Waals surface area contributed by atoms with Gasteiger partial charge in [0.1, 0.15) is 0 Å². The van der Waals surface area contributed by atoms with E-state index in [2.05, 4.69) is 46.6 Å². The summed E-state index contributed by atoms with van der Waals surface area (Å²) in [5.74, 6) is 1.07. The summed E-state index contributed by atoms with van der Waals surface area (Å²) in [4.78, 5) is 14.9. The van der Waals surface area contributed by atoms with Crippen LogP contribution < -0.4 is 5.32 Å². The van der Waals surface area contributed by atoms with E-state index in [1.54, 1.807) is 0 Å². The highest BCUT2D eigenvalue weighted by molar-refractivity contribution is 7.99. The van der Waals surface area contributed by atoms with Crippen molar-refractivity contribution in [3.63, 3.8) is 0 Å². The van der Waals surface area contributed by atoms with E-state index in [4.69, 9.17) is 0 Å². The van der Waals surface area contributed by atoms with Gasteiger partial charge in [-0.15, -0.1) is 0 Å². The normalized spacial score (nSPS) is 17.7. The van der Waals surface area contributed by atoms with Gasteiger partial charge in [0, 0.05) is 42.7 Å². The van der Waals surface area contributed by atoms with Gasteiger partial charge in [0.15, 0.2) is 0 Å². The maximum Gasteiger partial charge on any atom is 0.251 e. The number of nitrogens with zero attached hydrogens (tertiary/aromatic N) is 1. The highest BCUT2D eigenvalue weighted by Crippen LogP contribution is 2.27. The first kappa shape index (κ1) is 20.5. The third-order valence-electron chi connectivity index (χ3n) is 6.13. The molecular weight excluding hydrogens is 376 g/mol. The van der Waals surface area contributed by atoms with Crippen molar-refractivity contribution in [2.75, 3.05) is 18.8 Å². The topological polar surface area (TPSA) is 32.3 Å². The molecule has 0 saturated heterocycles. The Hall–Kier alpha value is -1.78. The Bertz CT molecular complexity index is 799. The van der Waals surface area contributed by atoms with E-state index in [1.807, 2.05) is 23.9 Å². The fraction of sp³-hybridized carbons (Fsp3) is 0.480. The molecule has 2 aliphatic rings. The Kier molecular flexibility index (Phi) is 7.28. The molecule has 1 saturated carbocycles. The predicted molar refractivity (Wildman–Crippen MR) is 122 cm³/mol. The molecule has 0 atom stereocenters. The molecular formula is C25H32N2OS. The van der Waals surface area contributed by atoms with E-state index in [-0.39, 0.29) is 5.91 Å². The van der Waals surface area contributed by atoms with Crippen LogP contribution in [0.15, 0.2) is 48.5 Å². The van der Waals surface area contributed by atoms with Crippen LogP contribution in [0.4, 0.5) is 0 Å². The van der Waals surface area contributed by atoms with Gasteiger partial charge in [-0.25, -0.2) is 0 Å².